The van der Waals surface area contributed by atoms with Crippen LogP contribution in [-0.4, -0.2) is 56.9 Å². The van der Waals surface area contributed by atoms with Crippen molar-refractivity contribution in [1.82, 2.24) is 9.80 Å². The lowest BCUT2D eigenvalue weighted by Crippen LogP contribution is -2.44. The number of anilines is 1. The van der Waals surface area contributed by atoms with Gasteiger partial charge in [0, 0.05) is 18.8 Å². The molecule has 0 bridgehead atoms. The highest BCUT2D eigenvalue weighted by atomic mass is 32.2. The molecule has 2 heterocycles. The molecule has 8 nitrogen and oxygen atoms in total. The summed E-state index contributed by atoms with van der Waals surface area (Å²) in [6, 6.07) is 6.56. The Kier molecular flexibility index (Phi) is 5.46. The summed E-state index contributed by atoms with van der Waals surface area (Å²) in [7, 11) is 0. The SMILES string of the molecule is O=C(O)C1CCCN(C(=O)Nc2ccc(CN3C(=O)CSC3=O)cc2)C1. The third-order valence-electron chi connectivity index (χ3n) is 4.44. The van der Waals surface area contributed by atoms with Gasteiger partial charge in [0.2, 0.25) is 5.91 Å². The molecular weight excluding hydrogens is 358 g/mol. The molecule has 1 atom stereocenters. The van der Waals surface area contributed by atoms with Gasteiger partial charge in [-0.1, -0.05) is 23.9 Å². The number of hydrogen-bond donors (Lipinski definition) is 2. The number of piperidine rings is 1. The number of rotatable bonds is 4. The predicted molar refractivity (Wildman–Crippen MR) is 95.8 cm³/mol. The highest BCUT2D eigenvalue weighted by Gasteiger charge is 2.30. The van der Waals surface area contributed by atoms with Crippen LogP contribution < -0.4 is 5.32 Å². The molecule has 0 aromatic heterocycles. The first-order valence-corrected chi connectivity index (χ1v) is 9.27. The Morgan fingerprint density at radius 2 is 1.96 bits per heavy atom. The summed E-state index contributed by atoms with van der Waals surface area (Å²) in [5, 5.41) is 11.6. The van der Waals surface area contributed by atoms with Gasteiger partial charge in [-0.25, -0.2) is 4.79 Å². The highest BCUT2D eigenvalue weighted by molar-refractivity contribution is 8.14. The van der Waals surface area contributed by atoms with Crippen LogP contribution in [0.25, 0.3) is 0 Å². The van der Waals surface area contributed by atoms with E-state index in [9.17, 15) is 19.2 Å². The lowest BCUT2D eigenvalue weighted by Gasteiger charge is -2.30. The third kappa shape index (κ3) is 4.16. The Morgan fingerprint density at radius 1 is 1.23 bits per heavy atom. The molecule has 138 valence electrons. The van der Waals surface area contributed by atoms with E-state index < -0.39 is 11.9 Å². The molecule has 0 spiro atoms. The van der Waals surface area contributed by atoms with E-state index in [1.807, 2.05) is 0 Å². The molecule has 0 radical (unpaired) electrons. The van der Waals surface area contributed by atoms with Crippen LogP contribution in [0.3, 0.4) is 0 Å². The zero-order chi connectivity index (χ0) is 18.7. The molecule has 2 saturated heterocycles. The molecule has 1 aromatic rings. The number of benzene rings is 1. The molecule has 9 heteroatoms. The Morgan fingerprint density at radius 3 is 2.58 bits per heavy atom. The number of carbonyl (C=O) groups excluding carboxylic acids is 3. The van der Waals surface area contributed by atoms with Crippen LogP contribution in [0.5, 0.6) is 0 Å². The topological polar surface area (TPSA) is 107 Å². The van der Waals surface area contributed by atoms with Crippen molar-refractivity contribution in [1.29, 1.82) is 0 Å². The molecular formula is C17H19N3O5S. The fraction of sp³-hybridized carbons (Fsp3) is 0.412. The number of carboxylic acids is 1. The summed E-state index contributed by atoms with van der Waals surface area (Å²) in [6.45, 7) is 0.950. The standard InChI is InChI=1S/C17H19N3O5S/c21-14-10-26-17(25)20(14)8-11-3-5-13(6-4-11)18-16(24)19-7-1-2-12(9-19)15(22)23/h3-6,12H,1-2,7-10H2,(H,18,24)(H,22,23). The second-order valence-electron chi connectivity index (χ2n) is 6.28. The van der Waals surface area contributed by atoms with Crippen molar-refractivity contribution < 1.29 is 24.3 Å². The Balaban J connectivity index is 1.57. The first-order valence-electron chi connectivity index (χ1n) is 8.29. The fourth-order valence-corrected chi connectivity index (χ4v) is 3.70. The number of urea groups is 1. The van der Waals surface area contributed by atoms with Gasteiger partial charge in [0.15, 0.2) is 0 Å². The summed E-state index contributed by atoms with van der Waals surface area (Å²) < 4.78 is 0. The Bertz CT molecular complexity index is 720. The summed E-state index contributed by atoms with van der Waals surface area (Å²) in [4.78, 5) is 49.4. The van der Waals surface area contributed by atoms with Crippen molar-refractivity contribution in [2.45, 2.75) is 19.4 Å². The van der Waals surface area contributed by atoms with Gasteiger partial charge in [-0.05, 0) is 30.5 Å². The van der Waals surface area contributed by atoms with Crippen LogP contribution in [0.4, 0.5) is 15.3 Å². The Labute approximate surface area is 154 Å². The van der Waals surface area contributed by atoms with Crippen molar-refractivity contribution in [3.8, 4) is 0 Å². The van der Waals surface area contributed by atoms with Gasteiger partial charge in [-0.3, -0.25) is 19.3 Å². The monoisotopic (exact) mass is 377 g/mol. The van der Waals surface area contributed by atoms with E-state index in [1.165, 1.54) is 9.80 Å². The number of hydrogen-bond acceptors (Lipinski definition) is 5. The van der Waals surface area contributed by atoms with Crippen molar-refractivity contribution in [2.24, 2.45) is 5.92 Å². The maximum absolute atomic E-state index is 12.3. The molecule has 26 heavy (non-hydrogen) atoms. The predicted octanol–water partition coefficient (Wildman–Crippen LogP) is 2.21. The van der Waals surface area contributed by atoms with E-state index in [0.29, 0.717) is 25.1 Å². The van der Waals surface area contributed by atoms with Crippen LogP contribution >= 0.6 is 11.8 Å². The van der Waals surface area contributed by atoms with Crippen molar-refractivity contribution in [3.63, 3.8) is 0 Å². The normalized spacial score (nSPS) is 20.4. The third-order valence-corrected chi connectivity index (χ3v) is 5.30. The lowest BCUT2D eigenvalue weighted by atomic mass is 9.99. The molecule has 2 N–H and O–H groups in total. The van der Waals surface area contributed by atoms with Crippen LogP contribution in [-0.2, 0) is 16.1 Å². The van der Waals surface area contributed by atoms with E-state index in [2.05, 4.69) is 5.32 Å². The lowest BCUT2D eigenvalue weighted by molar-refractivity contribution is -0.143. The second kappa shape index (κ2) is 7.77. The van der Waals surface area contributed by atoms with Crippen molar-refractivity contribution in [2.75, 3.05) is 24.2 Å². The van der Waals surface area contributed by atoms with Crippen LogP contribution in [0.15, 0.2) is 24.3 Å². The molecule has 0 aliphatic carbocycles. The first-order chi connectivity index (χ1) is 12.4. The van der Waals surface area contributed by atoms with Gasteiger partial charge in [-0.15, -0.1) is 0 Å². The fourth-order valence-electron chi connectivity index (χ4n) is 2.98. The maximum Gasteiger partial charge on any atom is 0.321 e. The number of likely N-dealkylation sites (tertiary alicyclic amines) is 1. The van der Waals surface area contributed by atoms with Crippen molar-refractivity contribution in [3.05, 3.63) is 29.8 Å². The summed E-state index contributed by atoms with van der Waals surface area (Å²) in [5.41, 5.74) is 1.36. The summed E-state index contributed by atoms with van der Waals surface area (Å²) in [5.74, 6) is -1.42. The first kappa shape index (κ1) is 18.2. The van der Waals surface area contributed by atoms with Crippen LogP contribution in [0.1, 0.15) is 18.4 Å². The van der Waals surface area contributed by atoms with E-state index >= 15 is 0 Å². The molecule has 2 aliphatic heterocycles. The van der Waals surface area contributed by atoms with Gasteiger partial charge in [0.1, 0.15) is 0 Å². The largest absolute Gasteiger partial charge is 0.481 e. The smallest absolute Gasteiger partial charge is 0.321 e. The molecule has 2 fully saturated rings. The van der Waals surface area contributed by atoms with Crippen LogP contribution in [0, 0.1) is 5.92 Å². The van der Waals surface area contributed by atoms with E-state index in [1.54, 1.807) is 24.3 Å². The van der Waals surface area contributed by atoms with Gasteiger partial charge in [0.05, 0.1) is 18.2 Å². The number of nitrogens with one attached hydrogen (secondary N) is 1. The minimum atomic E-state index is -0.879. The number of imide groups is 1. The average molecular weight is 377 g/mol. The van der Waals surface area contributed by atoms with Gasteiger partial charge in [0.25, 0.3) is 5.24 Å². The number of amides is 4. The molecule has 4 amide bonds. The van der Waals surface area contributed by atoms with Gasteiger partial charge < -0.3 is 15.3 Å². The van der Waals surface area contributed by atoms with Gasteiger partial charge >= 0.3 is 12.0 Å². The van der Waals surface area contributed by atoms with E-state index in [-0.39, 0.29) is 36.0 Å². The van der Waals surface area contributed by atoms with Crippen LogP contribution in [0.2, 0.25) is 0 Å². The number of carbonyl (C=O) groups is 4. The minimum Gasteiger partial charge on any atom is -0.481 e. The highest BCUT2D eigenvalue weighted by Crippen LogP contribution is 2.22. The molecule has 2 aliphatic rings. The summed E-state index contributed by atoms with van der Waals surface area (Å²) >= 11 is 0.995. The Hall–Kier alpha value is -2.55. The zero-order valence-corrected chi connectivity index (χ0v) is 14.8. The summed E-state index contributed by atoms with van der Waals surface area (Å²) in [6.07, 6.45) is 1.25. The maximum atomic E-state index is 12.3. The molecule has 1 aromatic carbocycles. The van der Waals surface area contributed by atoms with E-state index in [0.717, 1.165) is 17.3 Å². The van der Waals surface area contributed by atoms with Crippen molar-refractivity contribution >= 4 is 40.6 Å². The minimum absolute atomic E-state index is 0.181. The molecule has 1 unspecified atom stereocenters. The number of aliphatic carboxylic acids is 1. The second-order valence-corrected chi connectivity index (χ2v) is 7.21. The quantitative estimate of drug-likeness (QED) is 0.833. The number of nitrogens with zero attached hydrogens (tertiary/aromatic N) is 2. The average Bonchev–Trinajstić information content (AvgIpc) is 2.95. The van der Waals surface area contributed by atoms with E-state index in [4.69, 9.17) is 5.11 Å². The van der Waals surface area contributed by atoms with Gasteiger partial charge in [-0.2, -0.15) is 0 Å². The number of carboxylic acid groups (broad SMARTS) is 1. The number of thioether (sulfide) groups is 1. The molecule has 3 rings (SSSR count). The zero-order valence-electron chi connectivity index (χ0n) is 14.0. The molecule has 0 saturated carbocycles.